The summed E-state index contributed by atoms with van der Waals surface area (Å²) < 4.78 is 2.59. The lowest BCUT2D eigenvalue weighted by Gasteiger charge is -1.93. The van der Waals surface area contributed by atoms with Gasteiger partial charge in [-0.2, -0.15) is 5.10 Å². The van der Waals surface area contributed by atoms with E-state index < -0.39 is 0 Å². The van der Waals surface area contributed by atoms with Crippen molar-refractivity contribution in [1.82, 2.24) is 14.8 Å². The van der Waals surface area contributed by atoms with Crippen molar-refractivity contribution in [1.29, 1.82) is 0 Å². The minimum absolute atomic E-state index is 0.529. The molecule has 0 saturated carbocycles. The van der Waals surface area contributed by atoms with E-state index in [0.29, 0.717) is 5.82 Å². The normalized spacial score (nSPS) is 10.8. The van der Waals surface area contributed by atoms with Crippen molar-refractivity contribution < 1.29 is 0 Å². The monoisotopic (exact) mass is 226 g/mol. The Labute approximate surface area is 77.5 Å². The first-order chi connectivity index (χ1) is 5.70. The molecular formula is C7H7BrN4. The number of aryl methyl sites for hydroxylation is 1. The Hall–Kier alpha value is -1.10. The van der Waals surface area contributed by atoms with E-state index >= 15 is 0 Å². The molecule has 0 unspecified atom stereocenters. The smallest absolute Gasteiger partial charge is 0.154 e. The van der Waals surface area contributed by atoms with Crippen LogP contribution in [0.25, 0.3) is 10.9 Å². The minimum atomic E-state index is 0.529. The van der Waals surface area contributed by atoms with Gasteiger partial charge in [-0.05, 0) is 15.9 Å². The predicted molar refractivity (Wildman–Crippen MR) is 50.6 cm³/mol. The van der Waals surface area contributed by atoms with Crippen LogP contribution in [0.5, 0.6) is 0 Å². The molecule has 0 amide bonds. The van der Waals surface area contributed by atoms with Crippen molar-refractivity contribution in [3.63, 3.8) is 0 Å². The second kappa shape index (κ2) is 2.45. The standard InChI is InChI=1S/C7H7BrN4/c1-12-5-3-10-2-4(8)6(5)7(9)11-12/h2-3H,1H3,(H2,9,11). The van der Waals surface area contributed by atoms with Gasteiger partial charge in [-0.25, -0.2) is 0 Å². The molecule has 4 nitrogen and oxygen atoms in total. The van der Waals surface area contributed by atoms with E-state index in [4.69, 9.17) is 5.73 Å². The van der Waals surface area contributed by atoms with Crippen LogP contribution in [0.3, 0.4) is 0 Å². The Kier molecular flexibility index (Phi) is 1.54. The van der Waals surface area contributed by atoms with Gasteiger partial charge < -0.3 is 5.73 Å². The number of nitrogens with zero attached hydrogens (tertiary/aromatic N) is 3. The molecule has 62 valence electrons. The highest BCUT2D eigenvalue weighted by Crippen LogP contribution is 2.26. The van der Waals surface area contributed by atoms with E-state index in [-0.39, 0.29) is 0 Å². The fourth-order valence-electron chi connectivity index (χ4n) is 1.19. The van der Waals surface area contributed by atoms with Gasteiger partial charge in [-0.1, -0.05) is 0 Å². The molecule has 0 radical (unpaired) electrons. The average molecular weight is 227 g/mol. The van der Waals surface area contributed by atoms with Crippen LogP contribution in [0, 0.1) is 0 Å². The summed E-state index contributed by atoms with van der Waals surface area (Å²) >= 11 is 3.37. The summed E-state index contributed by atoms with van der Waals surface area (Å²) in [7, 11) is 1.84. The van der Waals surface area contributed by atoms with Crippen molar-refractivity contribution in [2.24, 2.45) is 7.05 Å². The number of rotatable bonds is 0. The molecule has 0 aromatic carbocycles. The molecule has 2 N–H and O–H groups in total. The van der Waals surface area contributed by atoms with E-state index in [0.717, 1.165) is 15.4 Å². The number of anilines is 1. The second-order valence-electron chi connectivity index (χ2n) is 2.52. The van der Waals surface area contributed by atoms with Crippen LogP contribution in [0.15, 0.2) is 16.9 Å². The maximum atomic E-state index is 5.69. The SMILES string of the molecule is Cn1nc(N)c2c(Br)cncc21. The minimum Gasteiger partial charge on any atom is -0.382 e. The van der Waals surface area contributed by atoms with Crippen molar-refractivity contribution in [3.05, 3.63) is 16.9 Å². The van der Waals surface area contributed by atoms with Gasteiger partial charge in [-0.15, -0.1) is 0 Å². The topological polar surface area (TPSA) is 56.7 Å². The molecular weight excluding hydrogens is 220 g/mol. The summed E-state index contributed by atoms with van der Waals surface area (Å²) in [6.45, 7) is 0. The molecule has 0 atom stereocenters. The Morgan fingerprint density at radius 2 is 2.25 bits per heavy atom. The Bertz CT molecular complexity index is 434. The van der Waals surface area contributed by atoms with Crippen molar-refractivity contribution in [2.45, 2.75) is 0 Å². The van der Waals surface area contributed by atoms with Gasteiger partial charge >= 0.3 is 0 Å². The lowest BCUT2D eigenvalue weighted by molar-refractivity contribution is 0.800. The highest BCUT2D eigenvalue weighted by Gasteiger charge is 2.07. The Balaban J connectivity index is 2.99. The Morgan fingerprint density at radius 1 is 1.50 bits per heavy atom. The predicted octanol–water partition coefficient (Wildman–Crippen LogP) is 1.31. The number of fused-ring (bicyclic) bond motifs is 1. The third-order valence-electron chi connectivity index (χ3n) is 1.74. The van der Waals surface area contributed by atoms with Crippen LogP contribution >= 0.6 is 15.9 Å². The fraction of sp³-hybridized carbons (Fsp3) is 0.143. The molecule has 0 saturated heterocycles. The first-order valence-corrected chi connectivity index (χ1v) is 4.21. The molecule has 0 aliphatic carbocycles. The number of pyridine rings is 1. The van der Waals surface area contributed by atoms with Crippen LogP contribution < -0.4 is 5.73 Å². The number of nitrogens with two attached hydrogens (primary N) is 1. The second-order valence-corrected chi connectivity index (χ2v) is 3.38. The Morgan fingerprint density at radius 3 is 2.92 bits per heavy atom. The molecule has 0 fully saturated rings. The van der Waals surface area contributed by atoms with Gasteiger partial charge in [-0.3, -0.25) is 9.67 Å². The summed E-state index contributed by atoms with van der Waals surface area (Å²) in [6, 6.07) is 0. The molecule has 2 aromatic heterocycles. The van der Waals surface area contributed by atoms with Crippen LogP contribution in [-0.4, -0.2) is 14.8 Å². The first kappa shape index (κ1) is 7.54. The summed E-state index contributed by atoms with van der Waals surface area (Å²) in [5, 5.41) is 5.00. The number of aromatic nitrogens is 3. The largest absolute Gasteiger partial charge is 0.382 e. The van der Waals surface area contributed by atoms with Gasteiger partial charge in [0, 0.05) is 17.7 Å². The third kappa shape index (κ3) is 0.896. The van der Waals surface area contributed by atoms with Gasteiger partial charge in [0.05, 0.1) is 17.1 Å². The van der Waals surface area contributed by atoms with Crippen molar-refractivity contribution in [2.75, 3.05) is 5.73 Å². The van der Waals surface area contributed by atoms with E-state index in [1.165, 1.54) is 0 Å². The zero-order chi connectivity index (χ0) is 8.72. The number of halogens is 1. The van der Waals surface area contributed by atoms with Crippen molar-refractivity contribution in [3.8, 4) is 0 Å². The molecule has 0 spiro atoms. The molecule has 0 bridgehead atoms. The van der Waals surface area contributed by atoms with Crippen molar-refractivity contribution >= 4 is 32.7 Å². The summed E-state index contributed by atoms with van der Waals surface area (Å²) in [4.78, 5) is 4.02. The summed E-state index contributed by atoms with van der Waals surface area (Å²) in [5.74, 6) is 0.529. The third-order valence-corrected chi connectivity index (χ3v) is 2.34. The van der Waals surface area contributed by atoms with E-state index in [1.807, 2.05) is 7.05 Å². The quantitative estimate of drug-likeness (QED) is 0.738. The summed E-state index contributed by atoms with van der Waals surface area (Å²) in [5.41, 5.74) is 6.62. The number of nitrogen functional groups attached to an aromatic ring is 1. The van der Waals surface area contributed by atoms with E-state index in [2.05, 4.69) is 26.0 Å². The average Bonchev–Trinajstić information content (AvgIpc) is 2.29. The number of hydrogen-bond donors (Lipinski definition) is 1. The maximum Gasteiger partial charge on any atom is 0.154 e. The maximum absolute atomic E-state index is 5.69. The highest BCUT2D eigenvalue weighted by atomic mass is 79.9. The molecule has 2 rings (SSSR count). The lowest BCUT2D eigenvalue weighted by Crippen LogP contribution is -1.91. The van der Waals surface area contributed by atoms with Gasteiger partial charge in [0.1, 0.15) is 0 Å². The van der Waals surface area contributed by atoms with Gasteiger partial charge in [0.15, 0.2) is 5.82 Å². The van der Waals surface area contributed by atoms with Crippen LogP contribution in [-0.2, 0) is 7.05 Å². The molecule has 2 aromatic rings. The first-order valence-electron chi connectivity index (χ1n) is 3.42. The zero-order valence-corrected chi connectivity index (χ0v) is 8.04. The lowest BCUT2D eigenvalue weighted by atomic mass is 10.3. The number of hydrogen-bond acceptors (Lipinski definition) is 3. The summed E-state index contributed by atoms with van der Waals surface area (Å²) in [6.07, 6.45) is 3.45. The van der Waals surface area contributed by atoms with Crippen LogP contribution in [0.1, 0.15) is 0 Å². The van der Waals surface area contributed by atoms with E-state index in [1.54, 1.807) is 17.1 Å². The van der Waals surface area contributed by atoms with E-state index in [9.17, 15) is 0 Å². The van der Waals surface area contributed by atoms with Crippen LogP contribution in [0.4, 0.5) is 5.82 Å². The zero-order valence-electron chi connectivity index (χ0n) is 6.45. The highest BCUT2D eigenvalue weighted by molar-refractivity contribution is 9.10. The molecule has 12 heavy (non-hydrogen) atoms. The molecule has 5 heteroatoms. The molecule has 0 aliphatic rings. The fourth-order valence-corrected chi connectivity index (χ4v) is 1.71. The van der Waals surface area contributed by atoms with Gasteiger partial charge in [0.2, 0.25) is 0 Å². The molecule has 0 aliphatic heterocycles. The van der Waals surface area contributed by atoms with Crippen LogP contribution in [0.2, 0.25) is 0 Å². The molecule has 2 heterocycles. The van der Waals surface area contributed by atoms with Gasteiger partial charge in [0.25, 0.3) is 0 Å².